The number of anilines is 1. The van der Waals surface area contributed by atoms with Crippen LogP contribution in [0.5, 0.6) is 0 Å². The average molecular weight is 409 g/mol. The Morgan fingerprint density at radius 2 is 2.13 bits per heavy atom. The molecule has 2 heterocycles. The highest BCUT2D eigenvalue weighted by Crippen LogP contribution is 2.24. The maximum Gasteiger partial charge on any atom is 0.238 e. The summed E-state index contributed by atoms with van der Waals surface area (Å²) >= 11 is 0. The lowest BCUT2D eigenvalue weighted by Crippen LogP contribution is -2.40. The van der Waals surface area contributed by atoms with Crippen LogP contribution in [0, 0.1) is 5.92 Å². The normalized spacial score (nSPS) is 16.4. The molecule has 1 aliphatic heterocycles. The third kappa shape index (κ3) is 5.51. The molecule has 1 fully saturated rings. The van der Waals surface area contributed by atoms with Gasteiger partial charge in [0.2, 0.25) is 11.8 Å². The van der Waals surface area contributed by atoms with Crippen LogP contribution >= 0.6 is 0 Å². The van der Waals surface area contributed by atoms with Crippen LogP contribution in [0.2, 0.25) is 0 Å². The molecule has 2 aromatic rings. The lowest BCUT2D eigenvalue weighted by Gasteiger charge is -2.28. The number of nitrogens with zero attached hydrogens (tertiary/aromatic N) is 2. The lowest BCUT2D eigenvalue weighted by atomic mass is 9.96. The van der Waals surface area contributed by atoms with E-state index < -0.39 is 0 Å². The van der Waals surface area contributed by atoms with E-state index in [0.717, 1.165) is 30.5 Å². The van der Waals surface area contributed by atoms with E-state index in [4.69, 9.17) is 0 Å². The predicted octanol–water partition coefficient (Wildman–Crippen LogP) is 2.52. The second-order valence-corrected chi connectivity index (χ2v) is 7.68. The summed E-state index contributed by atoms with van der Waals surface area (Å²) in [5.74, 6) is 0.129. The number of rotatable bonds is 8. The highest BCUT2D eigenvalue weighted by atomic mass is 16.2. The first-order chi connectivity index (χ1) is 14.5. The van der Waals surface area contributed by atoms with Gasteiger partial charge < -0.3 is 15.5 Å². The number of carbonyl (C=O) groups is 3. The van der Waals surface area contributed by atoms with Gasteiger partial charge in [-0.2, -0.15) is 0 Å². The van der Waals surface area contributed by atoms with Gasteiger partial charge in [0.1, 0.15) is 5.69 Å². The van der Waals surface area contributed by atoms with Crippen molar-refractivity contribution >= 4 is 23.8 Å². The lowest BCUT2D eigenvalue weighted by molar-refractivity contribution is -0.133. The number of likely N-dealkylation sites (tertiary alicyclic amines) is 1. The number of hydrogen-bond donors (Lipinski definition) is 2. The van der Waals surface area contributed by atoms with Crippen LogP contribution in [0.25, 0.3) is 11.1 Å². The zero-order valence-electron chi connectivity index (χ0n) is 17.5. The Morgan fingerprint density at radius 1 is 1.30 bits per heavy atom. The number of piperidine rings is 1. The highest BCUT2D eigenvalue weighted by Gasteiger charge is 2.23. The van der Waals surface area contributed by atoms with Crippen LogP contribution in [0.4, 0.5) is 5.69 Å². The van der Waals surface area contributed by atoms with Gasteiger partial charge in [0.15, 0.2) is 6.29 Å². The second-order valence-electron chi connectivity index (χ2n) is 7.68. The molecule has 158 valence electrons. The Bertz CT molecular complexity index is 928. The molecular formula is C23H28N4O3. The highest BCUT2D eigenvalue weighted by molar-refractivity contribution is 5.97. The Balaban J connectivity index is 1.61. The number of pyridine rings is 1. The molecule has 1 aromatic carbocycles. The zero-order valence-corrected chi connectivity index (χ0v) is 17.5. The van der Waals surface area contributed by atoms with Gasteiger partial charge in [0.05, 0.1) is 12.2 Å². The van der Waals surface area contributed by atoms with Crippen LogP contribution in [0.1, 0.15) is 35.8 Å². The fourth-order valence-corrected chi connectivity index (χ4v) is 3.56. The fraction of sp³-hybridized carbons (Fsp3) is 0.391. The van der Waals surface area contributed by atoms with Crippen LogP contribution in [-0.2, 0) is 16.0 Å². The number of nitrogens with one attached hydrogen (secondary N) is 2. The molecule has 2 amide bonds. The number of carbonyl (C=O) groups excluding carboxylic acids is 3. The van der Waals surface area contributed by atoms with E-state index in [1.807, 2.05) is 19.2 Å². The number of aryl methyl sites for hydroxylation is 1. The molecule has 0 radical (unpaired) electrons. The van der Waals surface area contributed by atoms with E-state index in [2.05, 4.69) is 34.7 Å². The van der Waals surface area contributed by atoms with Gasteiger partial charge in [0, 0.05) is 31.8 Å². The third-order valence-electron chi connectivity index (χ3n) is 5.45. The Morgan fingerprint density at radius 3 is 2.87 bits per heavy atom. The number of benzene rings is 1. The minimum absolute atomic E-state index is 0.106. The average Bonchev–Trinajstić information content (AvgIpc) is 2.76. The maximum absolute atomic E-state index is 12.4. The summed E-state index contributed by atoms with van der Waals surface area (Å²) < 4.78 is 0. The van der Waals surface area contributed by atoms with Crippen molar-refractivity contribution in [3.8, 4) is 11.1 Å². The molecule has 2 N–H and O–H groups in total. The molecule has 0 spiro atoms. The summed E-state index contributed by atoms with van der Waals surface area (Å²) in [4.78, 5) is 41.5. The zero-order chi connectivity index (χ0) is 21.5. The molecule has 7 nitrogen and oxygen atoms in total. The molecule has 1 saturated heterocycles. The Hall–Kier alpha value is -3.06. The van der Waals surface area contributed by atoms with Crippen LogP contribution in [0.15, 0.2) is 36.5 Å². The molecule has 1 atom stereocenters. The number of aromatic nitrogens is 1. The standard InChI is InChI=1S/C23H28N4O3/c1-3-16-5-4-6-18(9-16)19-11-20(21(15-28)25-13-19)26-22(29)14-24-12-17-7-8-27(2)23(30)10-17/h4-6,9,11,13,15,17,24H,3,7-8,10,12,14H2,1-2H3,(H,26,29). The third-order valence-corrected chi connectivity index (χ3v) is 5.45. The van der Waals surface area contributed by atoms with Crippen molar-refractivity contribution in [1.82, 2.24) is 15.2 Å². The summed E-state index contributed by atoms with van der Waals surface area (Å²) in [6.07, 6.45) is 4.63. The van der Waals surface area contributed by atoms with Crippen LogP contribution in [-0.4, -0.2) is 54.7 Å². The topological polar surface area (TPSA) is 91.4 Å². The van der Waals surface area contributed by atoms with Gasteiger partial charge in [-0.3, -0.25) is 19.4 Å². The van der Waals surface area contributed by atoms with E-state index in [-0.39, 0.29) is 30.0 Å². The van der Waals surface area contributed by atoms with Crippen molar-refractivity contribution in [2.75, 3.05) is 32.0 Å². The van der Waals surface area contributed by atoms with E-state index in [9.17, 15) is 14.4 Å². The Kier molecular flexibility index (Phi) is 7.30. The van der Waals surface area contributed by atoms with Gasteiger partial charge >= 0.3 is 0 Å². The van der Waals surface area contributed by atoms with Crippen molar-refractivity contribution in [2.24, 2.45) is 5.92 Å². The summed E-state index contributed by atoms with van der Waals surface area (Å²) in [6.45, 7) is 3.55. The molecule has 3 rings (SSSR count). The van der Waals surface area contributed by atoms with Gasteiger partial charge in [-0.05, 0) is 42.5 Å². The number of hydrogen-bond acceptors (Lipinski definition) is 5. The van der Waals surface area contributed by atoms with Gasteiger partial charge in [-0.25, -0.2) is 0 Å². The van der Waals surface area contributed by atoms with E-state index in [0.29, 0.717) is 24.9 Å². The molecule has 7 heteroatoms. The molecule has 0 bridgehead atoms. The molecule has 0 aliphatic carbocycles. The molecule has 1 aromatic heterocycles. The summed E-state index contributed by atoms with van der Waals surface area (Å²) in [6, 6.07) is 9.88. The van der Waals surface area contributed by atoms with Crippen molar-refractivity contribution in [2.45, 2.75) is 26.2 Å². The van der Waals surface area contributed by atoms with Gasteiger partial charge in [-0.15, -0.1) is 0 Å². The smallest absolute Gasteiger partial charge is 0.238 e. The van der Waals surface area contributed by atoms with Crippen molar-refractivity contribution in [3.05, 3.63) is 47.8 Å². The first-order valence-corrected chi connectivity index (χ1v) is 10.3. The molecule has 0 saturated carbocycles. The van der Waals surface area contributed by atoms with Gasteiger partial charge in [-0.1, -0.05) is 31.2 Å². The molecular weight excluding hydrogens is 380 g/mol. The maximum atomic E-state index is 12.4. The van der Waals surface area contributed by atoms with E-state index in [1.54, 1.807) is 17.2 Å². The Labute approximate surface area is 176 Å². The summed E-state index contributed by atoms with van der Waals surface area (Å²) in [5.41, 5.74) is 3.61. The second kappa shape index (κ2) is 10.1. The fourth-order valence-electron chi connectivity index (χ4n) is 3.56. The molecule has 30 heavy (non-hydrogen) atoms. The van der Waals surface area contributed by atoms with Gasteiger partial charge in [0.25, 0.3) is 0 Å². The SMILES string of the molecule is CCc1cccc(-c2cnc(C=O)c(NC(=O)CNCC3CCN(C)C(=O)C3)c2)c1. The minimum atomic E-state index is -0.251. The minimum Gasteiger partial charge on any atom is -0.346 e. The quantitative estimate of drug-likeness (QED) is 0.655. The van der Waals surface area contributed by atoms with E-state index >= 15 is 0 Å². The van der Waals surface area contributed by atoms with Crippen LogP contribution < -0.4 is 10.6 Å². The first kappa shape index (κ1) is 21.6. The van der Waals surface area contributed by atoms with Crippen LogP contribution in [0.3, 0.4) is 0 Å². The van der Waals surface area contributed by atoms with Crippen molar-refractivity contribution in [1.29, 1.82) is 0 Å². The number of aldehydes is 1. The molecule has 1 unspecified atom stereocenters. The van der Waals surface area contributed by atoms with Crippen molar-refractivity contribution in [3.63, 3.8) is 0 Å². The predicted molar refractivity (Wildman–Crippen MR) is 116 cm³/mol. The largest absolute Gasteiger partial charge is 0.346 e. The summed E-state index contributed by atoms with van der Waals surface area (Å²) in [5, 5.41) is 5.90. The monoisotopic (exact) mass is 408 g/mol. The number of amides is 2. The van der Waals surface area contributed by atoms with E-state index in [1.165, 1.54) is 5.56 Å². The first-order valence-electron chi connectivity index (χ1n) is 10.3. The van der Waals surface area contributed by atoms with Crippen molar-refractivity contribution < 1.29 is 14.4 Å². The molecule has 1 aliphatic rings. The summed E-state index contributed by atoms with van der Waals surface area (Å²) in [7, 11) is 1.81.